The second-order valence-electron chi connectivity index (χ2n) is 7.02. The Morgan fingerprint density at radius 2 is 1.65 bits per heavy atom. The molecule has 0 aliphatic rings. The summed E-state index contributed by atoms with van der Waals surface area (Å²) in [5, 5.41) is 3.12. The van der Waals surface area contributed by atoms with E-state index >= 15 is 0 Å². The van der Waals surface area contributed by atoms with Crippen LogP contribution in [-0.4, -0.2) is 10.5 Å². The van der Waals surface area contributed by atoms with E-state index in [1.165, 1.54) is 5.56 Å². The molecule has 0 saturated carbocycles. The SMILES string of the molecule is Cc1cc(C(=O)Nc2ccccc2Cc2ccccc2)c(C)n1C(C)C. The molecule has 1 heterocycles. The normalized spacial score (nSPS) is 11.0. The molecule has 0 atom stereocenters. The number of rotatable bonds is 5. The predicted molar refractivity (Wildman–Crippen MR) is 108 cm³/mol. The first-order valence-corrected chi connectivity index (χ1v) is 9.09. The van der Waals surface area contributed by atoms with Gasteiger partial charge in [-0.1, -0.05) is 48.5 Å². The number of benzene rings is 2. The first-order chi connectivity index (χ1) is 12.5. The fourth-order valence-corrected chi connectivity index (χ4v) is 3.60. The standard InChI is InChI=1S/C23H26N2O/c1-16(2)25-17(3)14-21(18(25)4)23(26)24-22-13-9-8-12-20(22)15-19-10-6-5-7-11-19/h5-14,16H,15H2,1-4H3,(H,24,26). The zero-order valence-corrected chi connectivity index (χ0v) is 15.9. The van der Waals surface area contributed by atoms with E-state index in [1.54, 1.807) is 0 Å². The van der Waals surface area contributed by atoms with Gasteiger partial charge in [0.1, 0.15) is 0 Å². The maximum atomic E-state index is 12.9. The molecule has 0 fully saturated rings. The molecule has 0 spiro atoms. The quantitative estimate of drug-likeness (QED) is 0.647. The Kier molecular flexibility index (Phi) is 5.27. The largest absolute Gasteiger partial charge is 0.346 e. The van der Waals surface area contributed by atoms with Crippen molar-refractivity contribution in [1.82, 2.24) is 4.57 Å². The Morgan fingerprint density at radius 1 is 1.00 bits per heavy atom. The number of para-hydroxylation sites is 1. The second kappa shape index (κ2) is 7.61. The number of aromatic nitrogens is 1. The van der Waals surface area contributed by atoms with Gasteiger partial charge in [0, 0.05) is 23.1 Å². The minimum absolute atomic E-state index is 0.0505. The summed E-state index contributed by atoms with van der Waals surface area (Å²) in [6, 6.07) is 20.6. The summed E-state index contributed by atoms with van der Waals surface area (Å²) in [4.78, 5) is 12.9. The van der Waals surface area contributed by atoms with Crippen molar-refractivity contribution >= 4 is 11.6 Å². The zero-order chi connectivity index (χ0) is 18.7. The van der Waals surface area contributed by atoms with Crippen LogP contribution in [0.5, 0.6) is 0 Å². The summed E-state index contributed by atoms with van der Waals surface area (Å²) in [5.74, 6) is -0.0505. The Balaban J connectivity index is 1.86. The van der Waals surface area contributed by atoms with E-state index in [1.807, 2.05) is 56.3 Å². The molecule has 26 heavy (non-hydrogen) atoms. The molecule has 0 aliphatic heterocycles. The van der Waals surface area contributed by atoms with E-state index in [0.717, 1.165) is 34.6 Å². The lowest BCUT2D eigenvalue weighted by Gasteiger charge is -2.14. The molecule has 3 nitrogen and oxygen atoms in total. The highest BCUT2D eigenvalue weighted by Crippen LogP contribution is 2.23. The van der Waals surface area contributed by atoms with Crippen LogP contribution in [0, 0.1) is 13.8 Å². The smallest absolute Gasteiger partial charge is 0.257 e. The number of nitrogens with one attached hydrogen (secondary N) is 1. The number of hydrogen-bond donors (Lipinski definition) is 1. The van der Waals surface area contributed by atoms with E-state index < -0.39 is 0 Å². The van der Waals surface area contributed by atoms with Gasteiger partial charge >= 0.3 is 0 Å². The minimum Gasteiger partial charge on any atom is -0.346 e. The highest BCUT2D eigenvalue weighted by Gasteiger charge is 2.18. The third-order valence-electron chi connectivity index (χ3n) is 4.75. The van der Waals surface area contributed by atoms with Crippen molar-refractivity contribution in [3.8, 4) is 0 Å². The summed E-state index contributed by atoms with van der Waals surface area (Å²) < 4.78 is 2.20. The highest BCUT2D eigenvalue weighted by molar-refractivity contribution is 6.05. The molecule has 3 rings (SSSR count). The van der Waals surface area contributed by atoms with E-state index in [4.69, 9.17) is 0 Å². The van der Waals surface area contributed by atoms with Crippen LogP contribution >= 0.6 is 0 Å². The van der Waals surface area contributed by atoms with E-state index in [9.17, 15) is 4.79 Å². The van der Waals surface area contributed by atoms with Gasteiger partial charge in [0.05, 0.1) is 5.56 Å². The number of amides is 1. The Hall–Kier alpha value is -2.81. The molecule has 0 unspecified atom stereocenters. The lowest BCUT2D eigenvalue weighted by Crippen LogP contribution is -2.15. The molecule has 3 heteroatoms. The van der Waals surface area contributed by atoms with E-state index in [2.05, 4.69) is 41.9 Å². The Morgan fingerprint density at radius 3 is 2.31 bits per heavy atom. The molecule has 0 aliphatic carbocycles. The number of carbonyl (C=O) groups excluding carboxylic acids is 1. The van der Waals surface area contributed by atoms with Crippen molar-refractivity contribution in [2.24, 2.45) is 0 Å². The number of carbonyl (C=O) groups is 1. The Bertz CT molecular complexity index is 907. The van der Waals surface area contributed by atoms with Crippen molar-refractivity contribution < 1.29 is 4.79 Å². The summed E-state index contributed by atoms with van der Waals surface area (Å²) >= 11 is 0. The third-order valence-corrected chi connectivity index (χ3v) is 4.75. The van der Waals surface area contributed by atoms with Crippen LogP contribution in [0.1, 0.15) is 52.8 Å². The fourth-order valence-electron chi connectivity index (χ4n) is 3.60. The lowest BCUT2D eigenvalue weighted by atomic mass is 10.0. The second-order valence-corrected chi connectivity index (χ2v) is 7.02. The number of aryl methyl sites for hydroxylation is 1. The molecule has 2 aromatic carbocycles. The molecule has 1 amide bonds. The monoisotopic (exact) mass is 346 g/mol. The van der Waals surface area contributed by atoms with Crippen molar-refractivity contribution in [2.75, 3.05) is 5.32 Å². The fraction of sp³-hybridized carbons (Fsp3) is 0.261. The van der Waals surface area contributed by atoms with Crippen molar-refractivity contribution in [3.63, 3.8) is 0 Å². The summed E-state index contributed by atoms with van der Waals surface area (Å²) in [7, 11) is 0. The van der Waals surface area contributed by atoms with Gasteiger partial charge in [0.15, 0.2) is 0 Å². The van der Waals surface area contributed by atoms with Crippen molar-refractivity contribution in [2.45, 2.75) is 40.2 Å². The molecular weight excluding hydrogens is 320 g/mol. The van der Waals surface area contributed by atoms with Gasteiger partial charge in [-0.05, 0) is 57.4 Å². The van der Waals surface area contributed by atoms with Crippen LogP contribution in [-0.2, 0) is 6.42 Å². The summed E-state index contributed by atoms with van der Waals surface area (Å²) in [6.07, 6.45) is 0.794. The maximum absolute atomic E-state index is 12.9. The van der Waals surface area contributed by atoms with Crippen LogP contribution < -0.4 is 5.32 Å². The van der Waals surface area contributed by atoms with Crippen molar-refractivity contribution in [3.05, 3.63) is 88.7 Å². The number of anilines is 1. The average Bonchev–Trinajstić information content (AvgIpc) is 2.92. The van der Waals surface area contributed by atoms with Gasteiger partial charge < -0.3 is 9.88 Å². The van der Waals surface area contributed by atoms with Crippen LogP contribution in [0.4, 0.5) is 5.69 Å². The molecular formula is C23H26N2O. The van der Waals surface area contributed by atoms with Gasteiger partial charge in [-0.25, -0.2) is 0 Å². The van der Waals surface area contributed by atoms with E-state index in [-0.39, 0.29) is 5.91 Å². The number of hydrogen-bond acceptors (Lipinski definition) is 1. The predicted octanol–water partition coefficient (Wildman–Crippen LogP) is 5.53. The molecule has 0 saturated heterocycles. The van der Waals surface area contributed by atoms with Gasteiger partial charge in [-0.2, -0.15) is 0 Å². The van der Waals surface area contributed by atoms with E-state index in [0.29, 0.717) is 6.04 Å². The summed E-state index contributed by atoms with van der Waals surface area (Å²) in [5.41, 5.74) is 6.08. The average molecular weight is 346 g/mol. The minimum atomic E-state index is -0.0505. The van der Waals surface area contributed by atoms with Crippen LogP contribution in [0.3, 0.4) is 0 Å². The zero-order valence-electron chi connectivity index (χ0n) is 15.9. The molecule has 1 aromatic heterocycles. The first-order valence-electron chi connectivity index (χ1n) is 9.09. The number of nitrogens with zero attached hydrogens (tertiary/aromatic N) is 1. The summed E-state index contributed by atoms with van der Waals surface area (Å²) in [6.45, 7) is 8.33. The third kappa shape index (κ3) is 3.72. The molecule has 0 bridgehead atoms. The molecule has 0 radical (unpaired) electrons. The van der Waals surface area contributed by atoms with Crippen molar-refractivity contribution in [1.29, 1.82) is 0 Å². The molecule has 1 N–H and O–H groups in total. The van der Waals surface area contributed by atoms with Crippen LogP contribution in [0.25, 0.3) is 0 Å². The van der Waals surface area contributed by atoms with Gasteiger partial charge in [-0.15, -0.1) is 0 Å². The maximum Gasteiger partial charge on any atom is 0.257 e. The Labute approximate surface area is 155 Å². The van der Waals surface area contributed by atoms with Gasteiger partial charge in [-0.3, -0.25) is 4.79 Å². The highest BCUT2D eigenvalue weighted by atomic mass is 16.1. The lowest BCUT2D eigenvalue weighted by molar-refractivity contribution is 0.102. The van der Waals surface area contributed by atoms with Gasteiger partial charge in [0.2, 0.25) is 0 Å². The topological polar surface area (TPSA) is 34.0 Å². The molecule has 3 aromatic rings. The van der Waals surface area contributed by atoms with Crippen LogP contribution in [0.2, 0.25) is 0 Å². The first kappa shape index (κ1) is 18.0. The van der Waals surface area contributed by atoms with Crippen LogP contribution in [0.15, 0.2) is 60.7 Å². The molecule has 134 valence electrons. The van der Waals surface area contributed by atoms with Gasteiger partial charge in [0.25, 0.3) is 5.91 Å².